The predicted molar refractivity (Wildman–Crippen MR) is 142 cm³/mol. The van der Waals surface area contributed by atoms with Gasteiger partial charge in [-0.25, -0.2) is 18.7 Å². The van der Waals surface area contributed by atoms with Gasteiger partial charge in [-0.05, 0) is 30.0 Å². The lowest BCUT2D eigenvalue weighted by Crippen LogP contribution is -2.17. The van der Waals surface area contributed by atoms with Crippen LogP contribution < -0.4 is 16.4 Å². The van der Waals surface area contributed by atoms with Crippen molar-refractivity contribution in [3.8, 4) is 11.1 Å². The Kier molecular flexibility index (Phi) is 5.07. The standard InChI is InChI=1S/C27H25F2N9/c1-14-18(11-34-27-20(28)2-4-32-26(14)27)17-8-15-9-21(33-12-19(15)25(30)24(17)29)35-22-10-16-3-6-37-7-5-31-23(37)13-38(16)36-22/h5,7-12,20,32H,2-4,6,13,30H2,1H3,(H,33,35,36)/t20-/m1/s1. The molecule has 4 N–H and O–H groups in total. The molecule has 38 heavy (non-hydrogen) atoms. The first kappa shape index (κ1) is 22.6. The molecule has 192 valence electrons. The maximum Gasteiger partial charge on any atom is 0.154 e. The summed E-state index contributed by atoms with van der Waals surface area (Å²) < 4.78 is 34.0. The number of aromatic nitrogens is 6. The quantitative estimate of drug-likeness (QED) is 0.295. The van der Waals surface area contributed by atoms with E-state index in [1.165, 1.54) is 6.20 Å². The summed E-state index contributed by atoms with van der Waals surface area (Å²) in [4.78, 5) is 13.2. The van der Waals surface area contributed by atoms with Crippen LogP contribution in [0.3, 0.4) is 0 Å². The number of hydrogen-bond acceptors (Lipinski definition) is 7. The zero-order chi connectivity index (χ0) is 26.0. The van der Waals surface area contributed by atoms with Gasteiger partial charge in [0.25, 0.3) is 0 Å². The second-order valence-corrected chi connectivity index (χ2v) is 9.77. The number of nitrogens with zero attached hydrogens (tertiary/aromatic N) is 6. The predicted octanol–water partition coefficient (Wildman–Crippen LogP) is 4.89. The van der Waals surface area contributed by atoms with Crippen LogP contribution in [-0.4, -0.2) is 35.8 Å². The lowest BCUT2D eigenvalue weighted by atomic mass is 9.94. The smallest absolute Gasteiger partial charge is 0.154 e. The largest absolute Gasteiger partial charge is 0.396 e. The van der Waals surface area contributed by atoms with E-state index in [1.807, 2.05) is 29.9 Å². The molecule has 6 heterocycles. The molecule has 0 radical (unpaired) electrons. The number of nitrogen functional groups attached to an aromatic ring is 1. The van der Waals surface area contributed by atoms with Gasteiger partial charge in [0.2, 0.25) is 0 Å². The highest BCUT2D eigenvalue weighted by atomic mass is 19.1. The molecule has 5 aromatic rings. The van der Waals surface area contributed by atoms with Crippen molar-refractivity contribution in [3.63, 3.8) is 0 Å². The molecule has 7 rings (SSSR count). The van der Waals surface area contributed by atoms with Gasteiger partial charge in [-0.3, -0.25) is 9.67 Å². The Bertz CT molecular complexity index is 1720. The van der Waals surface area contributed by atoms with E-state index in [-0.39, 0.29) is 5.69 Å². The maximum absolute atomic E-state index is 15.5. The number of imidazole rings is 1. The van der Waals surface area contributed by atoms with E-state index < -0.39 is 12.0 Å². The van der Waals surface area contributed by atoms with Crippen LogP contribution in [0.25, 0.3) is 21.9 Å². The number of rotatable bonds is 3. The van der Waals surface area contributed by atoms with Crippen LogP contribution in [0.5, 0.6) is 0 Å². The molecular weight excluding hydrogens is 488 g/mol. The van der Waals surface area contributed by atoms with Crippen LogP contribution in [0.2, 0.25) is 0 Å². The number of fused-ring (bicyclic) bond motifs is 4. The summed E-state index contributed by atoms with van der Waals surface area (Å²) in [5.41, 5.74) is 9.95. The van der Waals surface area contributed by atoms with Gasteiger partial charge in [0.1, 0.15) is 17.8 Å². The molecule has 1 atom stereocenters. The number of alkyl halides is 1. The molecule has 0 aliphatic carbocycles. The van der Waals surface area contributed by atoms with E-state index in [4.69, 9.17) is 10.8 Å². The number of nitrogens with two attached hydrogens (primary N) is 1. The molecule has 9 nitrogen and oxygen atoms in total. The molecular formula is C27H25F2N9. The van der Waals surface area contributed by atoms with Gasteiger partial charge in [-0.2, -0.15) is 5.10 Å². The highest BCUT2D eigenvalue weighted by Gasteiger charge is 2.25. The van der Waals surface area contributed by atoms with Gasteiger partial charge in [-0.15, -0.1) is 0 Å². The number of benzene rings is 1. The van der Waals surface area contributed by atoms with E-state index >= 15 is 4.39 Å². The van der Waals surface area contributed by atoms with Crippen LogP contribution >= 0.6 is 0 Å². The van der Waals surface area contributed by atoms with Crippen LogP contribution in [0.1, 0.15) is 35.4 Å². The Labute approximate surface area is 216 Å². The van der Waals surface area contributed by atoms with Gasteiger partial charge in [0.15, 0.2) is 11.6 Å². The van der Waals surface area contributed by atoms with Gasteiger partial charge in [0.05, 0.1) is 23.6 Å². The van der Waals surface area contributed by atoms with Crippen molar-refractivity contribution in [1.29, 1.82) is 0 Å². The van der Waals surface area contributed by atoms with Gasteiger partial charge in [0, 0.05) is 79.0 Å². The minimum absolute atomic E-state index is 0.00852. The zero-order valence-corrected chi connectivity index (χ0v) is 20.7. The molecule has 2 aliphatic rings. The highest BCUT2D eigenvalue weighted by Crippen LogP contribution is 2.40. The molecule has 0 unspecified atom stereocenters. The summed E-state index contributed by atoms with van der Waals surface area (Å²) in [6.45, 7) is 3.79. The minimum Gasteiger partial charge on any atom is -0.396 e. The van der Waals surface area contributed by atoms with Gasteiger partial charge < -0.3 is 20.9 Å². The first-order valence-electron chi connectivity index (χ1n) is 12.6. The molecule has 0 spiro atoms. The third-order valence-electron chi connectivity index (χ3n) is 7.47. The fraction of sp³-hybridized carbons (Fsp3) is 0.259. The third kappa shape index (κ3) is 3.57. The molecule has 4 aromatic heterocycles. The molecule has 0 bridgehead atoms. The van der Waals surface area contributed by atoms with Crippen molar-refractivity contribution in [3.05, 3.63) is 71.6 Å². The SMILES string of the molecule is Cc1c(-c2cc3cc(Nc4cc5n(n4)Cc4nccn4CC5)ncc3c(N)c2F)cnc2c1NCC[C@H]2F. The Morgan fingerprint density at radius 2 is 2.00 bits per heavy atom. The second kappa shape index (κ2) is 8.51. The van der Waals surface area contributed by atoms with Crippen molar-refractivity contribution in [1.82, 2.24) is 29.3 Å². The molecule has 2 aliphatic heterocycles. The summed E-state index contributed by atoms with van der Waals surface area (Å²) >= 11 is 0. The summed E-state index contributed by atoms with van der Waals surface area (Å²) in [6.07, 6.45) is 6.95. The first-order chi connectivity index (χ1) is 18.5. The zero-order valence-electron chi connectivity index (χ0n) is 20.7. The van der Waals surface area contributed by atoms with Crippen molar-refractivity contribution in [2.75, 3.05) is 22.9 Å². The van der Waals surface area contributed by atoms with Crippen LogP contribution in [0.15, 0.2) is 43.0 Å². The number of aryl methyl sites for hydroxylation is 2. The molecule has 0 amide bonds. The molecule has 0 fully saturated rings. The molecule has 1 aromatic carbocycles. The van der Waals surface area contributed by atoms with Crippen molar-refractivity contribution in [2.45, 2.75) is 39.0 Å². The average Bonchev–Trinajstić information content (AvgIpc) is 3.48. The Hall–Kier alpha value is -4.54. The lowest BCUT2D eigenvalue weighted by molar-refractivity contribution is 0.317. The topological polar surface area (TPSA) is 112 Å². The normalized spacial score (nSPS) is 16.3. The lowest BCUT2D eigenvalue weighted by Gasteiger charge is -2.24. The number of hydrogen-bond donors (Lipinski definition) is 3. The fourth-order valence-electron chi connectivity index (χ4n) is 5.43. The monoisotopic (exact) mass is 513 g/mol. The molecule has 0 saturated carbocycles. The van der Waals surface area contributed by atoms with E-state index in [2.05, 4.69) is 30.2 Å². The number of halogens is 2. The molecule has 0 saturated heterocycles. The number of anilines is 4. The van der Waals surface area contributed by atoms with E-state index in [9.17, 15) is 4.39 Å². The van der Waals surface area contributed by atoms with Gasteiger partial charge in [-0.1, -0.05) is 0 Å². The number of nitrogens with one attached hydrogen (secondary N) is 2. The summed E-state index contributed by atoms with van der Waals surface area (Å²) in [6, 6.07) is 5.57. The summed E-state index contributed by atoms with van der Waals surface area (Å²) in [5.74, 6) is 1.65. The Morgan fingerprint density at radius 3 is 2.89 bits per heavy atom. The Balaban J connectivity index is 1.25. The van der Waals surface area contributed by atoms with Gasteiger partial charge >= 0.3 is 0 Å². The van der Waals surface area contributed by atoms with Crippen molar-refractivity contribution >= 4 is 33.8 Å². The summed E-state index contributed by atoms with van der Waals surface area (Å²) in [5, 5.41) is 12.4. The molecule has 11 heteroatoms. The van der Waals surface area contributed by atoms with Crippen LogP contribution in [-0.2, 0) is 19.5 Å². The van der Waals surface area contributed by atoms with E-state index in [1.54, 1.807) is 18.5 Å². The Morgan fingerprint density at radius 1 is 1.11 bits per heavy atom. The fourth-order valence-corrected chi connectivity index (χ4v) is 5.43. The van der Waals surface area contributed by atoms with Crippen LogP contribution in [0, 0.1) is 12.7 Å². The first-order valence-corrected chi connectivity index (χ1v) is 12.6. The highest BCUT2D eigenvalue weighted by molar-refractivity contribution is 5.98. The van der Waals surface area contributed by atoms with Crippen LogP contribution in [0.4, 0.5) is 31.8 Å². The second-order valence-electron chi connectivity index (χ2n) is 9.77. The van der Waals surface area contributed by atoms with Crippen molar-refractivity contribution < 1.29 is 8.78 Å². The van der Waals surface area contributed by atoms with Crippen molar-refractivity contribution in [2.24, 2.45) is 0 Å². The van der Waals surface area contributed by atoms with E-state index in [0.717, 1.165) is 30.0 Å². The van der Waals surface area contributed by atoms with E-state index in [0.29, 0.717) is 64.4 Å². The third-order valence-corrected chi connectivity index (χ3v) is 7.47. The average molecular weight is 514 g/mol. The summed E-state index contributed by atoms with van der Waals surface area (Å²) in [7, 11) is 0. The maximum atomic E-state index is 15.5. The minimum atomic E-state index is -1.13. The number of pyridine rings is 2.